The van der Waals surface area contributed by atoms with Gasteiger partial charge < -0.3 is 19.4 Å². The molecule has 5 nitrogen and oxygen atoms in total. The maximum Gasteiger partial charge on any atom is 0.225 e. The number of ether oxygens (including phenoxy) is 2. The molecule has 0 aliphatic heterocycles. The van der Waals surface area contributed by atoms with Crippen LogP contribution in [0.5, 0.6) is 11.5 Å². The Labute approximate surface area is 173 Å². The lowest BCUT2D eigenvalue weighted by Crippen LogP contribution is -2.01. The molecule has 0 aliphatic rings. The van der Waals surface area contributed by atoms with Gasteiger partial charge in [-0.05, 0) is 42.0 Å². The van der Waals surface area contributed by atoms with Gasteiger partial charge in [-0.3, -0.25) is 4.79 Å². The number of carbonyl (C=O) groups is 1. The number of aromatic nitrogens is 2. The number of rotatable bonds is 6. The van der Waals surface area contributed by atoms with Crippen LogP contribution in [0.4, 0.5) is 0 Å². The summed E-state index contributed by atoms with van der Waals surface area (Å²) in [5.74, 6) is 1.37. The van der Waals surface area contributed by atoms with Crippen molar-refractivity contribution in [3.05, 3.63) is 95.8 Å². The van der Waals surface area contributed by atoms with E-state index in [-0.39, 0.29) is 5.78 Å². The van der Waals surface area contributed by atoms with Crippen LogP contribution < -0.4 is 9.47 Å². The zero-order chi connectivity index (χ0) is 20.5. The van der Waals surface area contributed by atoms with Crippen molar-refractivity contribution in [3.8, 4) is 11.5 Å². The Balaban J connectivity index is 1.41. The predicted molar refractivity (Wildman–Crippen MR) is 117 cm³/mol. The second kappa shape index (κ2) is 7.44. The molecule has 5 heteroatoms. The van der Waals surface area contributed by atoms with Crippen molar-refractivity contribution in [2.45, 2.75) is 6.61 Å². The van der Waals surface area contributed by atoms with Crippen molar-refractivity contribution in [3.63, 3.8) is 0 Å². The number of methoxy groups -OCH3 is 1. The largest absolute Gasteiger partial charge is 0.495 e. The first-order chi connectivity index (χ1) is 14.7. The van der Waals surface area contributed by atoms with Gasteiger partial charge in [-0.15, -0.1) is 0 Å². The second-order valence-corrected chi connectivity index (χ2v) is 7.14. The van der Waals surface area contributed by atoms with Crippen LogP contribution in [0.15, 0.2) is 78.9 Å². The molecule has 0 bridgehead atoms. The van der Waals surface area contributed by atoms with E-state index in [2.05, 4.69) is 9.97 Å². The van der Waals surface area contributed by atoms with Gasteiger partial charge >= 0.3 is 0 Å². The van der Waals surface area contributed by atoms with Crippen LogP contribution in [0.1, 0.15) is 21.7 Å². The third-order valence-corrected chi connectivity index (χ3v) is 5.17. The maximum absolute atomic E-state index is 13.0. The number of benzene rings is 3. The van der Waals surface area contributed by atoms with E-state index in [0.717, 1.165) is 33.1 Å². The van der Waals surface area contributed by atoms with Crippen molar-refractivity contribution >= 4 is 27.6 Å². The Morgan fingerprint density at radius 1 is 0.833 bits per heavy atom. The van der Waals surface area contributed by atoms with Gasteiger partial charge in [-0.1, -0.05) is 42.5 Å². The van der Waals surface area contributed by atoms with Crippen LogP contribution in [-0.4, -0.2) is 22.9 Å². The smallest absolute Gasteiger partial charge is 0.225 e. The summed E-state index contributed by atoms with van der Waals surface area (Å²) in [6.45, 7) is 0.499. The normalized spacial score (nSPS) is 11.1. The standard InChI is InChI=1S/C25H20N2O3/c1-29-23-9-5-8-17-13-22(27-24(17)23)25(28)21-14-18-12-19(10-11-20(18)26-21)30-15-16-6-3-2-4-7-16/h2-14,26-27H,15H2,1H3. The van der Waals surface area contributed by atoms with Crippen molar-refractivity contribution < 1.29 is 14.3 Å². The SMILES string of the molecule is COc1cccc2cc(C(=O)c3cc4cc(OCc5ccccc5)ccc4[nH]3)[nH]c12. The highest BCUT2D eigenvalue weighted by Gasteiger charge is 2.16. The minimum absolute atomic E-state index is 0.101. The van der Waals surface area contributed by atoms with Gasteiger partial charge in [-0.25, -0.2) is 0 Å². The summed E-state index contributed by atoms with van der Waals surface area (Å²) in [5.41, 5.74) is 3.85. The number of hydrogen-bond donors (Lipinski definition) is 2. The number of fused-ring (bicyclic) bond motifs is 2. The molecule has 148 valence electrons. The van der Waals surface area contributed by atoms with Crippen LogP contribution >= 0.6 is 0 Å². The van der Waals surface area contributed by atoms with E-state index >= 15 is 0 Å². The number of carbonyl (C=O) groups excluding carboxylic acids is 1. The van der Waals surface area contributed by atoms with Gasteiger partial charge in [0.05, 0.1) is 24.0 Å². The Kier molecular flexibility index (Phi) is 4.48. The molecule has 0 saturated carbocycles. The number of H-pyrrole nitrogens is 2. The molecule has 2 aromatic heterocycles. The summed E-state index contributed by atoms with van der Waals surface area (Å²) in [6, 6.07) is 25.2. The molecule has 0 atom stereocenters. The van der Waals surface area contributed by atoms with E-state index in [1.807, 2.05) is 78.9 Å². The number of para-hydroxylation sites is 1. The lowest BCUT2D eigenvalue weighted by molar-refractivity contribution is 0.103. The number of nitrogens with one attached hydrogen (secondary N) is 2. The van der Waals surface area contributed by atoms with Crippen molar-refractivity contribution in [2.75, 3.05) is 7.11 Å². The minimum Gasteiger partial charge on any atom is -0.495 e. The number of hydrogen-bond acceptors (Lipinski definition) is 3. The monoisotopic (exact) mass is 396 g/mol. The molecule has 0 fully saturated rings. The maximum atomic E-state index is 13.0. The first-order valence-corrected chi connectivity index (χ1v) is 9.71. The molecule has 0 unspecified atom stereocenters. The summed E-state index contributed by atoms with van der Waals surface area (Å²) in [4.78, 5) is 19.4. The van der Waals surface area contributed by atoms with Crippen LogP contribution in [0, 0.1) is 0 Å². The van der Waals surface area contributed by atoms with Crippen LogP contribution in [0.25, 0.3) is 21.8 Å². The van der Waals surface area contributed by atoms with E-state index < -0.39 is 0 Å². The second-order valence-electron chi connectivity index (χ2n) is 7.14. The first kappa shape index (κ1) is 18.1. The molecule has 5 rings (SSSR count). The fraction of sp³-hybridized carbons (Fsp3) is 0.0800. The molecule has 0 saturated heterocycles. The van der Waals surface area contributed by atoms with E-state index in [0.29, 0.717) is 23.7 Å². The van der Waals surface area contributed by atoms with E-state index in [1.165, 1.54) is 0 Å². The fourth-order valence-corrected chi connectivity index (χ4v) is 3.63. The molecule has 0 amide bonds. The molecule has 3 aromatic carbocycles. The van der Waals surface area contributed by atoms with Gasteiger partial charge in [0.2, 0.25) is 5.78 Å². The summed E-state index contributed by atoms with van der Waals surface area (Å²) in [5, 5.41) is 1.86. The third-order valence-electron chi connectivity index (χ3n) is 5.17. The predicted octanol–water partition coefficient (Wildman–Crippen LogP) is 5.47. The Hall–Kier alpha value is -3.99. The Morgan fingerprint density at radius 2 is 1.63 bits per heavy atom. The quantitative estimate of drug-likeness (QED) is 0.374. The average molecular weight is 396 g/mol. The lowest BCUT2D eigenvalue weighted by atomic mass is 10.2. The summed E-state index contributed by atoms with van der Waals surface area (Å²) >= 11 is 0. The average Bonchev–Trinajstić information content (AvgIpc) is 3.41. The van der Waals surface area contributed by atoms with Gasteiger partial charge in [-0.2, -0.15) is 0 Å². The molecule has 2 heterocycles. The van der Waals surface area contributed by atoms with Crippen molar-refractivity contribution in [1.29, 1.82) is 0 Å². The lowest BCUT2D eigenvalue weighted by Gasteiger charge is -2.06. The third kappa shape index (κ3) is 3.31. The molecular weight excluding hydrogens is 376 g/mol. The van der Waals surface area contributed by atoms with Crippen LogP contribution in [0.3, 0.4) is 0 Å². The number of aromatic amines is 2. The summed E-state index contributed by atoms with van der Waals surface area (Å²) in [6.07, 6.45) is 0. The Bertz CT molecular complexity index is 1350. The van der Waals surface area contributed by atoms with E-state index in [1.54, 1.807) is 7.11 Å². The fourth-order valence-electron chi connectivity index (χ4n) is 3.63. The molecule has 5 aromatic rings. The molecule has 0 spiro atoms. The highest BCUT2D eigenvalue weighted by molar-refractivity contribution is 6.11. The van der Waals surface area contributed by atoms with Gasteiger partial charge in [0.25, 0.3) is 0 Å². The summed E-state index contributed by atoms with van der Waals surface area (Å²) < 4.78 is 11.3. The van der Waals surface area contributed by atoms with E-state index in [9.17, 15) is 4.79 Å². The molecule has 0 radical (unpaired) electrons. The van der Waals surface area contributed by atoms with Gasteiger partial charge in [0, 0.05) is 16.3 Å². The van der Waals surface area contributed by atoms with Crippen LogP contribution in [-0.2, 0) is 6.61 Å². The van der Waals surface area contributed by atoms with Gasteiger partial charge in [0.1, 0.15) is 18.1 Å². The number of ketones is 1. The minimum atomic E-state index is -0.101. The zero-order valence-electron chi connectivity index (χ0n) is 16.4. The van der Waals surface area contributed by atoms with Crippen molar-refractivity contribution in [1.82, 2.24) is 9.97 Å². The van der Waals surface area contributed by atoms with E-state index in [4.69, 9.17) is 9.47 Å². The highest BCUT2D eigenvalue weighted by atomic mass is 16.5. The molecule has 0 aliphatic carbocycles. The highest BCUT2D eigenvalue weighted by Crippen LogP contribution is 2.28. The summed E-state index contributed by atoms with van der Waals surface area (Å²) in [7, 11) is 1.62. The molecular formula is C25H20N2O3. The first-order valence-electron chi connectivity index (χ1n) is 9.71. The van der Waals surface area contributed by atoms with Gasteiger partial charge in [0.15, 0.2) is 0 Å². The molecule has 30 heavy (non-hydrogen) atoms. The topological polar surface area (TPSA) is 67.1 Å². The zero-order valence-corrected chi connectivity index (χ0v) is 16.4. The molecule has 2 N–H and O–H groups in total. The van der Waals surface area contributed by atoms with Crippen LogP contribution in [0.2, 0.25) is 0 Å². The van der Waals surface area contributed by atoms with Crippen molar-refractivity contribution in [2.24, 2.45) is 0 Å². The Morgan fingerprint density at radius 3 is 2.47 bits per heavy atom.